The lowest BCUT2D eigenvalue weighted by molar-refractivity contribution is -0.889. The first kappa shape index (κ1) is 49.0. The summed E-state index contributed by atoms with van der Waals surface area (Å²) in [6.07, 6.45) is 41.2. The van der Waals surface area contributed by atoms with Crippen LogP contribution in [-0.4, -0.2) is 75.5 Å². The van der Waals surface area contributed by atoms with Gasteiger partial charge in [0.25, 0.3) is 0 Å². The fourth-order valence-electron chi connectivity index (χ4n) is 5.53. The molecule has 0 aliphatic heterocycles. The van der Waals surface area contributed by atoms with Crippen molar-refractivity contribution in [3.05, 3.63) is 60.8 Å². The lowest BCUT2D eigenvalue weighted by Gasteiger charge is -2.34. The molecule has 0 aromatic heterocycles. The van der Waals surface area contributed by atoms with Crippen LogP contribution in [0.4, 0.5) is 0 Å². The number of unbranched alkanes of at least 4 members (excludes halogenated alkanes) is 11. The highest BCUT2D eigenvalue weighted by Gasteiger charge is 2.25. The van der Waals surface area contributed by atoms with Crippen LogP contribution in [0.15, 0.2) is 60.8 Å². The Hall–Kier alpha value is -2.97. The van der Waals surface area contributed by atoms with Gasteiger partial charge < -0.3 is 28.6 Å². The molecule has 0 saturated carbocycles. The van der Waals surface area contributed by atoms with Crippen molar-refractivity contribution < 1.29 is 38.2 Å². The topological polar surface area (TPSA) is 102 Å². The van der Waals surface area contributed by atoms with Crippen molar-refractivity contribution in [3.63, 3.8) is 0 Å². The first-order chi connectivity index (χ1) is 25.1. The van der Waals surface area contributed by atoms with Crippen LogP contribution >= 0.6 is 0 Å². The third-order valence-electron chi connectivity index (χ3n) is 8.65. The van der Waals surface area contributed by atoms with Crippen LogP contribution in [0.2, 0.25) is 0 Å². The molecule has 0 rings (SSSR count). The number of aliphatic carboxylic acids is 1. The maximum absolute atomic E-state index is 12.7. The predicted molar refractivity (Wildman–Crippen MR) is 212 cm³/mol. The Morgan fingerprint density at radius 2 is 1.02 bits per heavy atom. The Balaban J connectivity index is 4.35. The van der Waals surface area contributed by atoms with E-state index in [2.05, 4.69) is 74.6 Å². The monoisotopic (exact) mass is 730 g/mol. The van der Waals surface area contributed by atoms with Crippen molar-refractivity contribution >= 4 is 17.9 Å². The number of carboxylic acids is 1. The number of likely N-dealkylation sites (N-methyl/N-ethyl adjacent to an activating group) is 1. The summed E-state index contributed by atoms with van der Waals surface area (Å²) in [5.74, 6) is -1.80. The van der Waals surface area contributed by atoms with E-state index >= 15 is 0 Å². The van der Waals surface area contributed by atoms with Crippen molar-refractivity contribution in [1.82, 2.24) is 0 Å². The third-order valence-corrected chi connectivity index (χ3v) is 8.65. The number of carbonyl (C=O) groups is 3. The molecule has 52 heavy (non-hydrogen) atoms. The molecule has 0 spiro atoms. The second-order valence-electron chi connectivity index (χ2n) is 14.5. The molecule has 0 radical (unpaired) electrons. The molecular weight excluding hydrogens is 654 g/mol. The second-order valence-corrected chi connectivity index (χ2v) is 14.5. The first-order valence-electron chi connectivity index (χ1n) is 20.3. The van der Waals surface area contributed by atoms with Gasteiger partial charge in [0.15, 0.2) is 6.10 Å². The molecule has 8 nitrogen and oxygen atoms in total. The molecule has 298 valence electrons. The van der Waals surface area contributed by atoms with Crippen molar-refractivity contribution in [3.8, 4) is 0 Å². The van der Waals surface area contributed by atoms with Gasteiger partial charge in [0.05, 0.1) is 40.3 Å². The van der Waals surface area contributed by atoms with Crippen molar-refractivity contribution in [2.24, 2.45) is 0 Å². The Morgan fingerprint density at radius 1 is 0.577 bits per heavy atom. The molecule has 0 fully saturated rings. The van der Waals surface area contributed by atoms with E-state index in [0.717, 1.165) is 77.0 Å². The van der Waals surface area contributed by atoms with E-state index in [1.807, 2.05) is 0 Å². The number of quaternary nitrogens is 1. The van der Waals surface area contributed by atoms with Crippen molar-refractivity contribution in [2.45, 2.75) is 161 Å². The maximum atomic E-state index is 12.7. The number of carbonyl (C=O) groups excluding carboxylic acids is 3. The van der Waals surface area contributed by atoms with Crippen LogP contribution in [0.25, 0.3) is 0 Å². The van der Waals surface area contributed by atoms with Crippen LogP contribution < -0.4 is 5.11 Å². The molecule has 0 aromatic carbocycles. The smallest absolute Gasteiger partial charge is 0.306 e. The molecule has 0 bridgehead atoms. The highest BCUT2D eigenvalue weighted by atomic mass is 16.6. The Kier molecular flexibility index (Phi) is 33.1. The Morgan fingerprint density at radius 3 is 1.54 bits per heavy atom. The highest BCUT2D eigenvalue weighted by molar-refractivity contribution is 5.70. The summed E-state index contributed by atoms with van der Waals surface area (Å²) in [4.78, 5) is 36.6. The summed E-state index contributed by atoms with van der Waals surface area (Å²) in [5, 5.41) is 11.6. The molecule has 0 N–H and O–H groups in total. The van der Waals surface area contributed by atoms with Gasteiger partial charge in [0.2, 0.25) is 0 Å². The molecule has 0 saturated heterocycles. The van der Waals surface area contributed by atoms with E-state index < -0.39 is 18.1 Å². The first-order valence-corrected chi connectivity index (χ1v) is 20.3. The minimum Gasteiger partial charge on any atom is -0.544 e. The summed E-state index contributed by atoms with van der Waals surface area (Å²) in [5.41, 5.74) is 0. The standard InChI is InChI=1S/C44H75NO7/c1-6-8-10-12-14-16-17-18-19-20-21-22-23-24-25-27-29-31-33-35-43(47)52-40(38-50-37-36-41(44(48)49)45(3,4)5)39-51-42(46)34-32-30-28-26-15-13-11-9-7-2/h8-11,14-16,18-19,26,40-41H,6-7,12-13,17,20-25,27-39H2,1-5H3/b10-8+,11-9+,16-14+,19-18+,26-15+. The number of allylic oxidation sites excluding steroid dienone is 10. The van der Waals surface area contributed by atoms with E-state index in [-0.39, 0.29) is 42.7 Å². The number of carboxylic acid groups (broad SMARTS) is 1. The summed E-state index contributed by atoms with van der Waals surface area (Å²) >= 11 is 0. The maximum Gasteiger partial charge on any atom is 0.306 e. The fourth-order valence-corrected chi connectivity index (χ4v) is 5.53. The van der Waals surface area contributed by atoms with Crippen LogP contribution in [0.5, 0.6) is 0 Å². The van der Waals surface area contributed by atoms with Gasteiger partial charge in [-0.3, -0.25) is 9.59 Å². The van der Waals surface area contributed by atoms with Crippen molar-refractivity contribution in [2.75, 3.05) is 41.0 Å². The van der Waals surface area contributed by atoms with Crippen LogP contribution in [0.1, 0.15) is 149 Å². The number of nitrogens with zero attached hydrogens (tertiary/aromatic N) is 1. The van der Waals surface area contributed by atoms with E-state index in [1.165, 1.54) is 38.5 Å². The molecule has 2 unspecified atom stereocenters. The van der Waals surface area contributed by atoms with E-state index in [0.29, 0.717) is 12.8 Å². The number of hydrogen-bond donors (Lipinski definition) is 0. The average Bonchev–Trinajstić information content (AvgIpc) is 3.09. The Labute approximate surface area is 318 Å². The summed E-state index contributed by atoms with van der Waals surface area (Å²) in [6, 6.07) is -0.732. The van der Waals surface area contributed by atoms with Gasteiger partial charge >= 0.3 is 11.9 Å². The predicted octanol–water partition coefficient (Wildman–Crippen LogP) is 9.30. The van der Waals surface area contributed by atoms with E-state index in [9.17, 15) is 19.5 Å². The van der Waals surface area contributed by atoms with Gasteiger partial charge in [-0.2, -0.15) is 0 Å². The highest BCUT2D eigenvalue weighted by Crippen LogP contribution is 2.13. The largest absolute Gasteiger partial charge is 0.544 e. The summed E-state index contributed by atoms with van der Waals surface area (Å²) in [7, 11) is 5.38. The van der Waals surface area contributed by atoms with Gasteiger partial charge in [-0.05, 0) is 70.6 Å². The minimum absolute atomic E-state index is 0.0258. The van der Waals surface area contributed by atoms with Crippen molar-refractivity contribution in [1.29, 1.82) is 0 Å². The van der Waals surface area contributed by atoms with Gasteiger partial charge in [-0.15, -0.1) is 0 Å². The molecule has 2 atom stereocenters. The molecule has 8 heteroatoms. The summed E-state index contributed by atoms with van der Waals surface area (Å²) in [6.45, 7) is 4.36. The van der Waals surface area contributed by atoms with Crippen LogP contribution in [0, 0.1) is 0 Å². The number of esters is 2. The van der Waals surface area contributed by atoms with Crippen LogP contribution in [0.3, 0.4) is 0 Å². The quantitative estimate of drug-likeness (QED) is 0.0277. The molecular formula is C44H75NO7. The van der Waals surface area contributed by atoms with Gasteiger partial charge in [0.1, 0.15) is 12.6 Å². The SMILES string of the molecule is CC/C=C/C/C=C/C/C=C/CCCCCCCCCCCC(=O)OC(COCCC(C(=O)[O-])[N+](C)(C)C)COC(=O)CCCC/C=C/C/C=C/CC. The fraction of sp³-hybridized carbons (Fsp3) is 0.705. The molecule has 0 aliphatic rings. The molecule has 0 amide bonds. The lowest BCUT2D eigenvalue weighted by Crippen LogP contribution is -2.55. The zero-order valence-electron chi connectivity index (χ0n) is 33.7. The zero-order chi connectivity index (χ0) is 38.5. The van der Waals surface area contributed by atoms with Crippen LogP contribution in [-0.2, 0) is 28.6 Å². The van der Waals surface area contributed by atoms with Gasteiger partial charge in [-0.1, -0.05) is 120 Å². The van der Waals surface area contributed by atoms with E-state index in [1.54, 1.807) is 21.1 Å². The third kappa shape index (κ3) is 32.9. The molecule has 0 aromatic rings. The zero-order valence-corrected chi connectivity index (χ0v) is 33.7. The molecule has 0 heterocycles. The summed E-state index contributed by atoms with van der Waals surface area (Å²) < 4.78 is 17.0. The molecule has 0 aliphatic carbocycles. The average molecular weight is 730 g/mol. The second kappa shape index (κ2) is 35.1. The minimum atomic E-state index is -1.13. The number of ether oxygens (including phenoxy) is 3. The number of hydrogen-bond acceptors (Lipinski definition) is 7. The lowest BCUT2D eigenvalue weighted by atomic mass is 10.1. The van der Waals surface area contributed by atoms with E-state index in [4.69, 9.17) is 14.2 Å². The Bertz CT molecular complexity index is 1040. The van der Waals surface area contributed by atoms with Gasteiger partial charge in [0, 0.05) is 19.3 Å². The normalized spacial score (nSPS) is 13.6. The van der Waals surface area contributed by atoms with Gasteiger partial charge in [-0.25, -0.2) is 0 Å². The number of rotatable bonds is 35.